The Morgan fingerprint density at radius 3 is 2.44 bits per heavy atom. The summed E-state index contributed by atoms with van der Waals surface area (Å²) in [7, 11) is 3.07. The molecule has 1 amide bonds. The Morgan fingerprint density at radius 1 is 1.39 bits per heavy atom. The van der Waals surface area contributed by atoms with Gasteiger partial charge in [-0.1, -0.05) is 6.92 Å². The highest BCUT2D eigenvalue weighted by molar-refractivity contribution is 5.70. The van der Waals surface area contributed by atoms with Crippen LogP contribution in [0.2, 0.25) is 0 Å². The standard InChI is InChI=1S/C12H18N3O3/c1-4-9-15(13-2)12(16)18-11-7-5-10(6-8-11)14(3)17/h5-8,13H,4,9H2,1-3H3/q+1. The lowest BCUT2D eigenvalue weighted by atomic mass is 10.3. The van der Waals surface area contributed by atoms with Gasteiger partial charge in [-0.2, -0.15) is 0 Å². The summed E-state index contributed by atoms with van der Waals surface area (Å²) in [6, 6.07) is 6.36. The predicted molar refractivity (Wildman–Crippen MR) is 67.7 cm³/mol. The van der Waals surface area contributed by atoms with Crippen molar-refractivity contribution in [2.24, 2.45) is 0 Å². The summed E-state index contributed by atoms with van der Waals surface area (Å²) >= 11 is 0. The van der Waals surface area contributed by atoms with Crippen LogP contribution in [-0.4, -0.2) is 36.5 Å². The van der Waals surface area contributed by atoms with Crippen molar-refractivity contribution >= 4 is 11.8 Å². The molecule has 1 N–H and O–H groups in total. The average molecular weight is 252 g/mol. The van der Waals surface area contributed by atoms with Gasteiger partial charge in [-0.05, 0) is 18.6 Å². The van der Waals surface area contributed by atoms with Gasteiger partial charge in [0.2, 0.25) is 0 Å². The van der Waals surface area contributed by atoms with Crippen LogP contribution >= 0.6 is 0 Å². The number of nitrogens with zero attached hydrogens (tertiary/aromatic N) is 2. The molecule has 0 fully saturated rings. The van der Waals surface area contributed by atoms with E-state index >= 15 is 0 Å². The first-order valence-electron chi connectivity index (χ1n) is 5.76. The number of nitrogens with one attached hydrogen (secondary N) is 1. The average Bonchev–Trinajstić information content (AvgIpc) is 2.36. The van der Waals surface area contributed by atoms with Gasteiger partial charge >= 0.3 is 6.09 Å². The second-order valence-electron chi connectivity index (χ2n) is 3.73. The van der Waals surface area contributed by atoms with Gasteiger partial charge in [0.1, 0.15) is 5.75 Å². The minimum Gasteiger partial charge on any atom is -0.409 e. The van der Waals surface area contributed by atoms with E-state index in [1.165, 1.54) is 12.1 Å². The zero-order valence-electron chi connectivity index (χ0n) is 10.8. The van der Waals surface area contributed by atoms with E-state index in [1.807, 2.05) is 6.92 Å². The minimum absolute atomic E-state index is 0.405. The molecule has 0 radical (unpaired) electrons. The molecule has 18 heavy (non-hydrogen) atoms. The van der Waals surface area contributed by atoms with Crippen LogP contribution in [0.25, 0.3) is 0 Å². The van der Waals surface area contributed by atoms with E-state index in [-0.39, 0.29) is 0 Å². The van der Waals surface area contributed by atoms with E-state index in [0.29, 0.717) is 18.0 Å². The zero-order valence-corrected chi connectivity index (χ0v) is 10.8. The fraction of sp³-hybridized carbons (Fsp3) is 0.417. The molecule has 0 aliphatic rings. The Kier molecular flexibility index (Phi) is 5.26. The molecule has 0 aliphatic heterocycles. The number of rotatable bonds is 5. The summed E-state index contributed by atoms with van der Waals surface area (Å²) in [5.41, 5.74) is 3.26. The number of ether oxygens (including phenoxy) is 1. The van der Waals surface area contributed by atoms with E-state index in [4.69, 9.17) is 4.74 Å². The van der Waals surface area contributed by atoms with E-state index in [2.05, 4.69) is 5.43 Å². The Hall–Kier alpha value is -1.95. The maximum absolute atomic E-state index is 11.7. The van der Waals surface area contributed by atoms with Crippen LogP contribution in [0.15, 0.2) is 24.3 Å². The first kappa shape index (κ1) is 14.1. The monoisotopic (exact) mass is 252 g/mol. The molecule has 98 valence electrons. The van der Waals surface area contributed by atoms with Crippen LogP contribution in [0.4, 0.5) is 10.5 Å². The van der Waals surface area contributed by atoms with E-state index in [9.17, 15) is 9.70 Å². The number of hydrogen-bond acceptors (Lipinski definition) is 4. The van der Waals surface area contributed by atoms with Gasteiger partial charge < -0.3 is 4.74 Å². The maximum atomic E-state index is 11.7. The van der Waals surface area contributed by atoms with Crippen LogP contribution in [0.1, 0.15) is 13.3 Å². The van der Waals surface area contributed by atoms with Crippen molar-refractivity contribution in [1.29, 1.82) is 0 Å². The lowest BCUT2D eigenvalue weighted by Gasteiger charge is -2.19. The number of hydrogen-bond donors (Lipinski definition) is 1. The molecule has 0 aliphatic carbocycles. The molecule has 1 aromatic rings. The number of amides is 1. The Balaban J connectivity index is 2.66. The summed E-state index contributed by atoms with van der Waals surface area (Å²) in [5.74, 6) is 0.405. The normalized spacial score (nSPS) is 9.94. The van der Waals surface area contributed by atoms with Gasteiger partial charge in [-0.25, -0.2) is 15.2 Å². The van der Waals surface area contributed by atoms with Crippen molar-refractivity contribution in [3.63, 3.8) is 0 Å². The number of benzene rings is 1. The van der Waals surface area contributed by atoms with E-state index in [1.54, 1.807) is 31.3 Å². The van der Waals surface area contributed by atoms with Crippen LogP contribution in [0.3, 0.4) is 0 Å². The third kappa shape index (κ3) is 3.81. The van der Waals surface area contributed by atoms with Crippen LogP contribution in [-0.2, 0) is 0 Å². The number of nitroso groups, excluding NO2 is 1. The number of carbonyl (C=O) groups excluding carboxylic acids is 1. The quantitative estimate of drug-likeness (QED) is 0.643. The first-order chi connectivity index (χ1) is 8.58. The highest BCUT2D eigenvalue weighted by Crippen LogP contribution is 2.17. The van der Waals surface area contributed by atoms with Crippen molar-refractivity contribution in [2.75, 3.05) is 20.6 Å². The van der Waals surface area contributed by atoms with Crippen molar-refractivity contribution < 1.29 is 14.3 Å². The van der Waals surface area contributed by atoms with Crippen LogP contribution < -0.4 is 10.2 Å². The summed E-state index contributed by atoms with van der Waals surface area (Å²) in [5, 5.41) is 1.38. The van der Waals surface area contributed by atoms with Crippen molar-refractivity contribution in [3.8, 4) is 5.75 Å². The zero-order chi connectivity index (χ0) is 13.5. The Bertz CT molecular complexity index is 417. The van der Waals surface area contributed by atoms with Crippen LogP contribution in [0, 0.1) is 4.91 Å². The smallest absolute Gasteiger partial charge is 0.409 e. The molecule has 0 heterocycles. The van der Waals surface area contributed by atoms with Crippen molar-refractivity contribution in [3.05, 3.63) is 29.2 Å². The Labute approximate surface area is 106 Å². The second-order valence-corrected chi connectivity index (χ2v) is 3.73. The number of carbonyl (C=O) groups is 1. The lowest BCUT2D eigenvalue weighted by Crippen LogP contribution is -2.42. The van der Waals surface area contributed by atoms with Gasteiger partial charge in [0.05, 0.1) is 0 Å². The molecule has 0 bridgehead atoms. The second kappa shape index (κ2) is 6.70. The molecule has 0 unspecified atom stereocenters. The molecule has 0 aromatic heterocycles. The highest BCUT2D eigenvalue weighted by Gasteiger charge is 2.14. The third-order valence-corrected chi connectivity index (χ3v) is 2.34. The lowest BCUT2D eigenvalue weighted by molar-refractivity contribution is -0.428. The maximum Gasteiger partial charge on any atom is 0.429 e. The first-order valence-corrected chi connectivity index (χ1v) is 5.76. The Morgan fingerprint density at radius 2 is 2.00 bits per heavy atom. The molecule has 1 aromatic carbocycles. The molecule has 0 atom stereocenters. The topological polar surface area (TPSA) is 61.7 Å². The predicted octanol–water partition coefficient (Wildman–Crippen LogP) is 2.07. The van der Waals surface area contributed by atoms with Crippen LogP contribution in [0.5, 0.6) is 5.75 Å². The SMILES string of the molecule is CCCN(NC)C(=O)Oc1ccc([N+](C)=O)cc1. The van der Waals surface area contributed by atoms with E-state index < -0.39 is 6.09 Å². The van der Waals surface area contributed by atoms with Gasteiger partial charge in [0.15, 0.2) is 7.05 Å². The molecule has 1 rings (SSSR count). The third-order valence-electron chi connectivity index (χ3n) is 2.34. The summed E-state index contributed by atoms with van der Waals surface area (Å²) in [6.07, 6.45) is 0.359. The van der Waals surface area contributed by atoms with Crippen molar-refractivity contribution in [1.82, 2.24) is 10.4 Å². The molecule has 6 heteroatoms. The fourth-order valence-electron chi connectivity index (χ4n) is 1.40. The molecular weight excluding hydrogens is 234 g/mol. The summed E-state index contributed by atoms with van der Waals surface area (Å²) in [4.78, 5) is 22.7. The van der Waals surface area contributed by atoms with Gasteiger partial charge in [0.25, 0.3) is 5.69 Å². The summed E-state index contributed by atoms with van der Waals surface area (Å²) in [6.45, 7) is 2.53. The van der Waals surface area contributed by atoms with Gasteiger partial charge in [0, 0.05) is 35.4 Å². The van der Waals surface area contributed by atoms with Gasteiger partial charge in [-0.3, -0.25) is 0 Å². The highest BCUT2D eigenvalue weighted by atomic mass is 16.6. The molecule has 0 saturated carbocycles. The van der Waals surface area contributed by atoms with Crippen molar-refractivity contribution in [2.45, 2.75) is 13.3 Å². The molecule has 0 spiro atoms. The molecular formula is C12H18N3O3+. The van der Waals surface area contributed by atoms with E-state index in [0.717, 1.165) is 11.2 Å². The summed E-state index contributed by atoms with van der Waals surface area (Å²) < 4.78 is 5.90. The van der Waals surface area contributed by atoms with Gasteiger partial charge in [-0.15, -0.1) is 0 Å². The molecule has 6 nitrogen and oxygen atoms in total. The minimum atomic E-state index is -0.470. The molecule has 0 saturated heterocycles. The fourth-order valence-corrected chi connectivity index (χ4v) is 1.40. The largest absolute Gasteiger partial charge is 0.429 e. The number of hydrazine groups is 1.